The summed E-state index contributed by atoms with van der Waals surface area (Å²) in [7, 11) is 1.23. The highest BCUT2D eigenvalue weighted by atomic mass is 32.2. The van der Waals surface area contributed by atoms with Crippen LogP contribution in [0.1, 0.15) is 11.1 Å². The molecule has 0 amide bonds. The van der Waals surface area contributed by atoms with Crippen LogP contribution in [-0.2, 0) is 21.5 Å². The maximum Gasteiger partial charge on any atom is 0.416 e. The van der Waals surface area contributed by atoms with Crippen LogP contribution in [0.3, 0.4) is 0 Å². The average Bonchev–Trinajstić information content (AvgIpc) is 2.29. The van der Waals surface area contributed by atoms with Crippen LogP contribution in [0.2, 0.25) is 0 Å². The molecular weight excluding hydrogens is 267 g/mol. The van der Waals surface area contributed by atoms with Crippen molar-refractivity contribution in [2.24, 2.45) is 0 Å². The molecule has 0 saturated heterocycles. The lowest BCUT2D eigenvalue weighted by Gasteiger charge is -2.13. The van der Waals surface area contributed by atoms with Gasteiger partial charge in [0.15, 0.2) is 0 Å². The molecule has 1 aromatic rings. The van der Waals surface area contributed by atoms with E-state index in [-0.39, 0.29) is 22.8 Å². The molecule has 0 saturated carbocycles. The molecule has 0 aromatic heterocycles. The second kappa shape index (κ2) is 5.99. The number of rotatable bonds is 4. The molecule has 0 heterocycles. The summed E-state index contributed by atoms with van der Waals surface area (Å²) in [6, 6.07) is 3.62. The molecule has 0 atom stereocenters. The van der Waals surface area contributed by atoms with Gasteiger partial charge < -0.3 is 10.5 Å². The largest absolute Gasteiger partial charge is 0.468 e. The van der Waals surface area contributed by atoms with Gasteiger partial charge in [-0.05, 0) is 17.7 Å². The van der Waals surface area contributed by atoms with Crippen LogP contribution in [0.25, 0.3) is 0 Å². The fraction of sp³-hybridized carbons (Fsp3) is 0.364. The summed E-state index contributed by atoms with van der Waals surface area (Å²) in [6.45, 7) is 0. The number of esters is 1. The number of anilines is 1. The topological polar surface area (TPSA) is 52.3 Å². The monoisotopic (exact) mass is 279 g/mol. The third-order valence-electron chi connectivity index (χ3n) is 2.14. The average molecular weight is 279 g/mol. The van der Waals surface area contributed by atoms with Crippen LogP contribution in [-0.4, -0.2) is 18.8 Å². The van der Waals surface area contributed by atoms with E-state index in [0.29, 0.717) is 0 Å². The van der Waals surface area contributed by atoms with Gasteiger partial charge in [0, 0.05) is 11.4 Å². The van der Waals surface area contributed by atoms with E-state index < -0.39 is 17.7 Å². The summed E-state index contributed by atoms with van der Waals surface area (Å²) in [4.78, 5) is 10.9. The van der Waals surface area contributed by atoms with Crippen molar-refractivity contribution in [3.63, 3.8) is 0 Å². The van der Waals surface area contributed by atoms with Crippen molar-refractivity contribution in [2.45, 2.75) is 11.9 Å². The van der Waals surface area contributed by atoms with Gasteiger partial charge in [-0.15, -0.1) is 11.8 Å². The van der Waals surface area contributed by atoms with Crippen LogP contribution in [0.15, 0.2) is 18.2 Å². The molecule has 0 aliphatic rings. The Balaban J connectivity index is 2.79. The summed E-state index contributed by atoms with van der Waals surface area (Å²) in [5, 5.41) is 0. The van der Waals surface area contributed by atoms with E-state index in [9.17, 15) is 18.0 Å². The Morgan fingerprint density at radius 2 is 2.11 bits per heavy atom. The molecule has 0 aliphatic heterocycles. The minimum absolute atomic E-state index is 0.0121. The Bertz CT molecular complexity index is 435. The minimum atomic E-state index is -4.45. The number of hydrogen-bond donors (Lipinski definition) is 1. The molecule has 2 N–H and O–H groups in total. The Morgan fingerprint density at radius 3 is 2.67 bits per heavy atom. The number of methoxy groups -OCH3 is 1. The maximum absolute atomic E-state index is 12.7. The van der Waals surface area contributed by atoms with E-state index in [0.717, 1.165) is 17.8 Å². The Kier molecular flexibility index (Phi) is 4.89. The molecule has 100 valence electrons. The number of nitrogens with two attached hydrogens (primary N) is 1. The van der Waals surface area contributed by atoms with E-state index >= 15 is 0 Å². The van der Waals surface area contributed by atoms with Crippen LogP contribution >= 0.6 is 11.8 Å². The van der Waals surface area contributed by atoms with E-state index in [4.69, 9.17) is 5.73 Å². The van der Waals surface area contributed by atoms with Gasteiger partial charge in [0.05, 0.1) is 18.4 Å². The quantitative estimate of drug-likeness (QED) is 0.680. The molecule has 1 rings (SSSR count). The standard InChI is InChI=1S/C11H12F3NO2S/c1-17-10(16)6-18-5-7-2-3-8(15)4-9(7)11(12,13)14/h2-4H,5-6,15H2,1H3. The first-order valence-electron chi connectivity index (χ1n) is 4.94. The number of alkyl halides is 3. The van der Waals surface area contributed by atoms with Gasteiger partial charge in [-0.3, -0.25) is 4.79 Å². The third-order valence-corrected chi connectivity index (χ3v) is 3.10. The van der Waals surface area contributed by atoms with Crippen LogP contribution in [0.5, 0.6) is 0 Å². The zero-order valence-electron chi connectivity index (χ0n) is 9.58. The molecule has 0 radical (unpaired) electrons. The second-order valence-electron chi connectivity index (χ2n) is 3.48. The Morgan fingerprint density at radius 1 is 1.44 bits per heavy atom. The molecule has 0 fully saturated rings. The third kappa shape index (κ3) is 4.14. The van der Waals surface area contributed by atoms with Crippen molar-refractivity contribution < 1.29 is 22.7 Å². The summed E-state index contributed by atoms with van der Waals surface area (Å²) in [5.41, 5.74) is 4.74. The fourth-order valence-corrected chi connectivity index (χ4v) is 2.15. The van der Waals surface area contributed by atoms with Crippen molar-refractivity contribution in [3.8, 4) is 0 Å². The lowest BCUT2D eigenvalue weighted by Crippen LogP contribution is -2.10. The number of thioether (sulfide) groups is 1. The Labute approximate surface area is 106 Å². The lowest BCUT2D eigenvalue weighted by molar-refractivity contribution is -0.138. The van der Waals surface area contributed by atoms with E-state index in [2.05, 4.69) is 4.74 Å². The van der Waals surface area contributed by atoms with Gasteiger partial charge in [0.1, 0.15) is 0 Å². The first kappa shape index (κ1) is 14.7. The summed E-state index contributed by atoms with van der Waals surface area (Å²) in [5.74, 6) is -0.383. The molecule has 0 spiro atoms. The predicted octanol–water partition coefficient (Wildman–Crippen LogP) is 2.69. The molecule has 0 unspecified atom stereocenters. The van der Waals surface area contributed by atoms with Crippen molar-refractivity contribution in [1.82, 2.24) is 0 Å². The summed E-state index contributed by atoms with van der Waals surface area (Å²) in [6.07, 6.45) is -4.45. The Hall–Kier alpha value is -1.37. The number of benzene rings is 1. The van der Waals surface area contributed by atoms with Gasteiger partial charge in [0.2, 0.25) is 0 Å². The van der Waals surface area contributed by atoms with Crippen molar-refractivity contribution >= 4 is 23.4 Å². The zero-order valence-corrected chi connectivity index (χ0v) is 10.4. The fourth-order valence-electron chi connectivity index (χ4n) is 1.29. The van der Waals surface area contributed by atoms with E-state index in [1.54, 1.807) is 0 Å². The molecule has 3 nitrogen and oxygen atoms in total. The van der Waals surface area contributed by atoms with Gasteiger partial charge in [-0.25, -0.2) is 0 Å². The normalized spacial score (nSPS) is 11.3. The summed E-state index contributed by atoms with van der Waals surface area (Å²) < 4.78 is 42.6. The number of nitrogen functional groups attached to an aromatic ring is 1. The van der Waals surface area contributed by atoms with Crippen LogP contribution in [0, 0.1) is 0 Å². The molecule has 0 aliphatic carbocycles. The molecule has 0 bridgehead atoms. The lowest BCUT2D eigenvalue weighted by atomic mass is 10.1. The predicted molar refractivity (Wildman–Crippen MR) is 64.0 cm³/mol. The number of halogens is 3. The molecule has 1 aromatic carbocycles. The summed E-state index contributed by atoms with van der Waals surface area (Å²) >= 11 is 1.06. The van der Waals surface area contributed by atoms with Crippen molar-refractivity contribution in [1.29, 1.82) is 0 Å². The number of hydrogen-bond acceptors (Lipinski definition) is 4. The number of carbonyl (C=O) groups excluding carboxylic acids is 1. The molecule has 7 heteroatoms. The van der Waals surface area contributed by atoms with Gasteiger partial charge in [0.25, 0.3) is 0 Å². The SMILES string of the molecule is COC(=O)CSCc1ccc(N)cc1C(F)(F)F. The van der Waals surface area contributed by atoms with Crippen LogP contribution < -0.4 is 5.73 Å². The first-order valence-corrected chi connectivity index (χ1v) is 6.10. The minimum Gasteiger partial charge on any atom is -0.468 e. The zero-order chi connectivity index (χ0) is 13.8. The van der Waals surface area contributed by atoms with Crippen LogP contribution in [0.4, 0.5) is 18.9 Å². The second-order valence-corrected chi connectivity index (χ2v) is 4.47. The van der Waals surface area contributed by atoms with E-state index in [1.165, 1.54) is 19.2 Å². The van der Waals surface area contributed by atoms with Gasteiger partial charge >= 0.3 is 12.1 Å². The molecule has 18 heavy (non-hydrogen) atoms. The number of ether oxygens (including phenoxy) is 1. The maximum atomic E-state index is 12.7. The highest BCUT2D eigenvalue weighted by Gasteiger charge is 2.33. The molecular formula is C11H12F3NO2S. The number of carbonyl (C=O) groups is 1. The highest BCUT2D eigenvalue weighted by Crippen LogP contribution is 2.34. The highest BCUT2D eigenvalue weighted by molar-refractivity contribution is 7.99. The smallest absolute Gasteiger partial charge is 0.416 e. The van der Waals surface area contributed by atoms with Gasteiger partial charge in [-0.2, -0.15) is 13.2 Å². The van der Waals surface area contributed by atoms with E-state index in [1.807, 2.05) is 0 Å². The first-order chi connectivity index (χ1) is 8.34. The van der Waals surface area contributed by atoms with Crippen molar-refractivity contribution in [2.75, 3.05) is 18.6 Å². The van der Waals surface area contributed by atoms with Crippen molar-refractivity contribution in [3.05, 3.63) is 29.3 Å². The van der Waals surface area contributed by atoms with Gasteiger partial charge in [-0.1, -0.05) is 6.07 Å².